The summed E-state index contributed by atoms with van der Waals surface area (Å²) in [6.07, 6.45) is 8.65. The van der Waals surface area contributed by atoms with Crippen molar-refractivity contribution in [2.24, 2.45) is 0 Å². The fourth-order valence-corrected chi connectivity index (χ4v) is 11.2. The van der Waals surface area contributed by atoms with Crippen LogP contribution in [0.25, 0.3) is 99.6 Å². The van der Waals surface area contributed by atoms with Gasteiger partial charge in [0.25, 0.3) is 0 Å². The first-order valence-corrected chi connectivity index (χ1v) is 18.7. The van der Waals surface area contributed by atoms with Crippen molar-refractivity contribution < 1.29 is 0 Å². The number of benzene rings is 7. The summed E-state index contributed by atoms with van der Waals surface area (Å²) in [7, 11) is 0. The Balaban J connectivity index is 1.20. The number of fused-ring (bicyclic) bond motifs is 11. The summed E-state index contributed by atoms with van der Waals surface area (Å²) in [5.74, 6) is 0. The first kappa shape index (κ1) is 28.0. The summed E-state index contributed by atoms with van der Waals surface area (Å²) >= 11 is 5.73. The van der Waals surface area contributed by atoms with Crippen molar-refractivity contribution in [1.82, 2.24) is 0 Å². The second-order valence-corrected chi connectivity index (χ2v) is 15.5. The summed E-state index contributed by atoms with van der Waals surface area (Å²) in [4.78, 5) is 0. The highest BCUT2D eigenvalue weighted by Crippen LogP contribution is 2.47. The van der Waals surface area contributed by atoms with Crippen LogP contribution in [0.1, 0.15) is 12.5 Å². The predicted molar refractivity (Wildman–Crippen MR) is 217 cm³/mol. The molecule has 0 aliphatic heterocycles. The minimum Gasteiger partial charge on any atom is -0.135 e. The third kappa shape index (κ3) is 4.25. The van der Waals surface area contributed by atoms with Crippen LogP contribution in [0.5, 0.6) is 0 Å². The van der Waals surface area contributed by atoms with Crippen molar-refractivity contribution in [2.75, 3.05) is 0 Å². The normalized spacial score (nSPS) is 12.5. The van der Waals surface area contributed by atoms with E-state index in [2.05, 4.69) is 159 Å². The van der Waals surface area contributed by atoms with Crippen molar-refractivity contribution in [1.29, 1.82) is 0 Å². The minimum absolute atomic E-state index is 1.23. The molecule has 10 rings (SSSR count). The Kier molecular flexibility index (Phi) is 6.42. The van der Waals surface area contributed by atoms with E-state index in [0.717, 1.165) is 0 Å². The summed E-state index contributed by atoms with van der Waals surface area (Å²) < 4.78 is 8.15. The highest BCUT2D eigenvalue weighted by molar-refractivity contribution is 7.33. The molecule has 10 aromatic rings. The molecule has 7 aromatic carbocycles. The molecule has 0 bridgehead atoms. The zero-order chi connectivity index (χ0) is 31.8. The number of hydrogen-bond acceptors (Lipinski definition) is 3. The molecular weight excluding hydrogens is 637 g/mol. The van der Waals surface area contributed by atoms with Crippen LogP contribution in [0.15, 0.2) is 146 Å². The van der Waals surface area contributed by atoms with E-state index in [9.17, 15) is 0 Å². The number of hydrogen-bond donors (Lipinski definition) is 0. The maximum atomic E-state index is 2.42. The molecule has 3 heterocycles. The van der Waals surface area contributed by atoms with Crippen LogP contribution in [0.2, 0.25) is 0 Å². The smallest absolute Gasteiger partial charge is 0.0534 e. The SMILES string of the molecule is C/C=C\C=C/c1cc(-c2ccc3c(c2)sc2c3ccc3c4ccccc4sc32)c2ccccc2c1-c1ccc2c(c1)sc1ccccc12. The van der Waals surface area contributed by atoms with Gasteiger partial charge in [0.2, 0.25) is 0 Å². The van der Waals surface area contributed by atoms with E-state index in [-0.39, 0.29) is 0 Å². The molecule has 3 aromatic heterocycles. The largest absolute Gasteiger partial charge is 0.135 e. The fourth-order valence-electron chi connectivity index (χ4n) is 7.43. The molecule has 0 saturated heterocycles. The molecule has 0 unspecified atom stereocenters. The zero-order valence-corrected chi connectivity index (χ0v) is 28.6. The molecule has 0 saturated carbocycles. The second-order valence-electron chi connectivity index (χ2n) is 12.4. The van der Waals surface area contributed by atoms with Gasteiger partial charge < -0.3 is 0 Å². The summed E-state index contributed by atoms with van der Waals surface area (Å²) in [6, 6.07) is 47.7. The monoisotopic (exact) mass is 664 g/mol. The van der Waals surface area contributed by atoms with Gasteiger partial charge >= 0.3 is 0 Å². The maximum absolute atomic E-state index is 2.42. The van der Waals surface area contributed by atoms with Gasteiger partial charge in [0.15, 0.2) is 0 Å². The highest BCUT2D eigenvalue weighted by Gasteiger charge is 2.17. The van der Waals surface area contributed by atoms with E-state index in [1.165, 1.54) is 99.1 Å². The predicted octanol–water partition coefficient (Wildman–Crippen LogP) is 14.9. The lowest BCUT2D eigenvalue weighted by molar-refractivity contribution is 1.63. The topological polar surface area (TPSA) is 0 Å². The lowest BCUT2D eigenvalue weighted by atomic mass is 9.87. The molecule has 0 aliphatic carbocycles. The Labute approximate surface area is 290 Å². The number of thiophene rings is 3. The molecule has 226 valence electrons. The molecule has 3 heteroatoms. The second kappa shape index (κ2) is 11.0. The highest BCUT2D eigenvalue weighted by atomic mass is 32.1. The van der Waals surface area contributed by atoms with Gasteiger partial charge in [0.1, 0.15) is 0 Å². The first-order chi connectivity index (χ1) is 23.7. The minimum atomic E-state index is 1.23. The lowest BCUT2D eigenvalue weighted by Gasteiger charge is -2.16. The standard InChI is InChI=1S/C45H28S3/c1-2-3-4-11-28-24-38(27-18-20-34-37-23-22-36-32-14-8-10-17-40(32)47-44(36)45(37)48-42(34)25-27)30-12-5-6-15-35(30)43(28)29-19-21-33-31-13-7-9-16-39(31)46-41(33)26-29/h2-26H,1H3/b3-2-,11-4-. The van der Waals surface area contributed by atoms with Crippen LogP contribution in [-0.2, 0) is 0 Å². The Morgan fingerprint density at radius 2 is 0.938 bits per heavy atom. The first-order valence-electron chi connectivity index (χ1n) is 16.3. The molecule has 0 N–H and O–H groups in total. The van der Waals surface area contributed by atoms with Gasteiger partial charge in [-0.05, 0) is 75.8 Å². The van der Waals surface area contributed by atoms with Crippen LogP contribution < -0.4 is 0 Å². The van der Waals surface area contributed by atoms with E-state index < -0.39 is 0 Å². The van der Waals surface area contributed by atoms with E-state index in [4.69, 9.17) is 0 Å². The van der Waals surface area contributed by atoms with Crippen molar-refractivity contribution >= 4 is 111 Å². The molecule has 0 radical (unpaired) electrons. The van der Waals surface area contributed by atoms with E-state index in [1.54, 1.807) is 0 Å². The van der Waals surface area contributed by atoms with Crippen molar-refractivity contribution in [3.8, 4) is 22.3 Å². The Bertz CT molecular complexity index is 2960. The molecule has 48 heavy (non-hydrogen) atoms. The van der Waals surface area contributed by atoms with E-state index in [1.807, 2.05) is 34.0 Å². The average molecular weight is 665 g/mol. The third-order valence-electron chi connectivity index (χ3n) is 9.62. The van der Waals surface area contributed by atoms with Crippen molar-refractivity contribution in [2.45, 2.75) is 6.92 Å². The van der Waals surface area contributed by atoms with E-state index in [0.29, 0.717) is 0 Å². The molecule has 0 atom stereocenters. The molecule has 0 spiro atoms. The summed E-state index contributed by atoms with van der Waals surface area (Å²) in [5, 5.41) is 10.6. The van der Waals surface area contributed by atoms with Crippen LogP contribution in [0.4, 0.5) is 0 Å². The fraction of sp³-hybridized carbons (Fsp3) is 0.0222. The number of allylic oxidation sites excluding steroid dienone is 3. The van der Waals surface area contributed by atoms with Gasteiger partial charge in [-0.1, -0.05) is 121 Å². The molecule has 0 nitrogen and oxygen atoms in total. The van der Waals surface area contributed by atoms with Crippen LogP contribution in [0.3, 0.4) is 0 Å². The molecule has 0 fully saturated rings. The quantitative estimate of drug-likeness (QED) is 0.164. The van der Waals surface area contributed by atoms with Gasteiger partial charge in [-0.25, -0.2) is 0 Å². The van der Waals surface area contributed by atoms with Crippen LogP contribution >= 0.6 is 34.0 Å². The molecular formula is C45H28S3. The van der Waals surface area contributed by atoms with Crippen molar-refractivity contribution in [3.63, 3.8) is 0 Å². The zero-order valence-electron chi connectivity index (χ0n) is 26.2. The van der Waals surface area contributed by atoms with Gasteiger partial charge in [-0.15, -0.1) is 34.0 Å². The average Bonchev–Trinajstić information content (AvgIpc) is 3.82. The van der Waals surface area contributed by atoms with Gasteiger partial charge in [-0.3, -0.25) is 0 Å². The third-order valence-corrected chi connectivity index (χ3v) is 13.3. The van der Waals surface area contributed by atoms with Gasteiger partial charge in [-0.2, -0.15) is 0 Å². The van der Waals surface area contributed by atoms with Crippen molar-refractivity contribution in [3.05, 3.63) is 151 Å². The van der Waals surface area contributed by atoms with Crippen LogP contribution in [0, 0.1) is 0 Å². The molecule has 0 amide bonds. The lowest BCUT2D eigenvalue weighted by Crippen LogP contribution is -1.91. The van der Waals surface area contributed by atoms with Gasteiger partial charge in [0, 0.05) is 51.1 Å². The van der Waals surface area contributed by atoms with Gasteiger partial charge in [0.05, 0.1) is 9.40 Å². The number of rotatable bonds is 4. The maximum Gasteiger partial charge on any atom is 0.0534 e. The summed E-state index contributed by atoms with van der Waals surface area (Å²) in [5.41, 5.74) is 6.29. The molecule has 0 aliphatic rings. The Morgan fingerprint density at radius 1 is 0.417 bits per heavy atom. The van der Waals surface area contributed by atoms with Crippen LogP contribution in [-0.4, -0.2) is 0 Å². The van der Waals surface area contributed by atoms with E-state index >= 15 is 0 Å². The Hall–Kier alpha value is -5.06. The Morgan fingerprint density at radius 3 is 1.69 bits per heavy atom. The summed E-state index contributed by atoms with van der Waals surface area (Å²) in [6.45, 7) is 2.07.